The van der Waals surface area contributed by atoms with E-state index in [-0.39, 0.29) is 6.04 Å². The number of carbonyl (C=O) groups is 1. The highest BCUT2D eigenvalue weighted by molar-refractivity contribution is 5.73. The second kappa shape index (κ2) is 6.75. The van der Waals surface area contributed by atoms with Crippen LogP contribution in [-0.4, -0.2) is 41.1 Å². The van der Waals surface area contributed by atoms with Gasteiger partial charge in [-0.2, -0.15) is 0 Å². The van der Waals surface area contributed by atoms with E-state index in [1.807, 2.05) is 6.92 Å². The first kappa shape index (κ1) is 14.9. The molecule has 0 radical (unpaired) electrons. The fraction of sp³-hybridized carbons (Fsp3) is 0.562. The number of rotatable bonds is 5. The van der Waals surface area contributed by atoms with Crippen molar-refractivity contribution in [2.75, 3.05) is 18.4 Å². The molecule has 1 aliphatic rings. The van der Waals surface area contributed by atoms with Crippen molar-refractivity contribution >= 4 is 11.7 Å². The van der Waals surface area contributed by atoms with Crippen molar-refractivity contribution in [3.63, 3.8) is 0 Å². The second-order valence-corrected chi connectivity index (χ2v) is 5.59. The Morgan fingerprint density at radius 3 is 2.70 bits per heavy atom. The van der Waals surface area contributed by atoms with Crippen LogP contribution in [0.5, 0.6) is 0 Å². The van der Waals surface area contributed by atoms with Gasteiger partial charge in [-0.15, -0.1) is 0 Å². The molecule has 1 aliphatic heterocycles. The summed E-state index contributed by atoms with van der Waals surface area (Å²) in [5, 5.41) is 12.8. The van der Waals surface area contributed by atoms with Crippen LogP contribution in [0.1, 0.15) is 31.7 Å². The number of carboxylic acids is 1. The number of nitrogens with zero attached hydrogens (tertiary/aromatic N) is 1. The smallest absolute Gasteiger partial charge is 0.320 e. The molecule has 0 bridgehead atoms. The van der Waals surface area contributed by atoms with Crippen molar-refractivity contribution in [1.82, 2.24) is 4.90 Å². The van der Waals surface area contributed by atoms with Crippen LogP contribution in [0, 0.1) is 6.92 Å². The summed E-state index contributed by atoms with van der Waals surface area (Å²) in [5.74, 6) is -0.697. The van der Waals surface area contributed by atoms with E-state index in [1.54, 1.807) is 0 Å². The zero-order chi connectivity index (χ0) is 14.5. The summed E-state index contributed by atoms with van der Waals surface area (Å²) in [5.41, 5.74) is 2.41. The highest BCUT2D eigenvalue weighted by atomic mass is 16.4. The Labute approximate surface area is 120 Å². The van der Waals surface area contributed by atoms with Crippen molar-refractivity contribution in [3.05, 3.63) is 29.8 Å². The van der Waals surface area contributed by atoms with E-state index in [0.29, 0.717) is 12.5 Å². The third-order valence-corrected chi connectivity index (χ3v) is 4.03. The minimum Gasteiger partial charge on any atom is -0.480 e. The molecule has 1 saturated heterocycles. The van der Waals surface area contributed by atoms with E-state index < -0.39 is 5.97 Å². The number of hydrogen-bond acceptors (Lipinski definition) is 3. The van der Waals surface area contributed by atoms with E-state index in [4.69, 9.17) is 0 Å². The molecule has 1 aromatic rings. The van der Waals surface area contributed by atoms with Gasteiger partial charge in [0.2, 0.25) is 0 Å². The van der Waals surface area contributed by atoms with Gasteiger partial charge in [0.15, 0.2) is 0 Å². The topological polar surface area (TPSA) is 52.6 Å². The summed E-state index contributed by atoms with van der Waals surface area (Å²) in [6, 6.07) is 8.51. The lowest BCUT2D eigenvalue weighted by Gasteiger charge is -2.36. The number of piperidine rings is 1. The molecule has 0 amide bonds. The maximum atomic E-state index is 11.2. The first-order valence-corrected chi connectivity index (χ1v) is 7.40. The van der Waals surface area contributed by atoms with Gasteiger partial charge in [-0.1, -0.05) is 19.1 Å². The maximum Gasteiger partial charge on any atom is 0.320 e. The van der Waals surface area contributed by atoms with Crippen LogP contribution < -0.4 is 5.32 Å². The minimum atomic E-state index is -0.697. The van der Waals surface area contributed by atoms with Gasteiger partial charge in [0, 0.05) is 24.8 Å². The monoisotopic (exact) mass is 276 g/mol. The number of likely N-dealkylation sites (tertiary alicyclic amines) is 1. The SMILES string of the molecule is CC[C@@H](C(=O)O)N1CCC(Nc2cccc(C)c2)CC1. The molecule has 1 aromatic carbocycles. The number of benzene rings is 1. The maximum absolute atomic E-state index is 11.2. The Balaban J connectivity index is 1.86. The predicted octanol–water partition coefficient (Wildman–Crippen LogP) is 2.73. The quantitative estimate of drug-likeness (QED) is 0.868. The van der Waals surface area contributed by atoms with Gasteiger partial charge < -0.3 is 10.4 Å². The number of nitrogens with one attached hydrogen (secondary N) is 1. The van der Waals surface area contributed by atoms with Gasteiger partial charge in [0.1, 0.15) is 6.04 Å². The molecule has 0 aromatic heterocycles. The Hall–Kier alpha value is -1.55. The van der Waals surface area contributed by atoms with Gasteiger partial charge in [0.25, 0.3) is 0 Å². The van der Waals surface area contributed by atoms with E-state index in [0.717, 1.165) is 31.6 Å². The number of aliphatic carboxylic acids is 1. The summed E-state index contributed by atoms with van der Waals surface area (Å²) in [4.78, 5) is 13.3. The Kier molecular flexibility index (Phi) is 5.01. The molecule has 2 rings (SSSR count). The molecule has 0 saturated carbocycles. The average molecular weight is 276 g/mol. The molecule has 4 nitrogen and oxygen atoms in total. The lowest BCUT2D eigenvalue weighted by Crippen LogP contribution is -2.47. The molecule has 4 heteroatoms. The van der Waals surface area contributed by atoms with E-state index in [1.165, 1.54) is 5.56 Å². The summed E-state index contributed by atoms with van der Waals surface area (Å²) in [6.45, 7) is 5.74. The molecule has 0 aliphatic carbocycles. The molecular formula is C16H24N2O2. The number of carboxylic acid groups (broad SMARTS) is 1. The molecule has 110 valence electrons. The van der Waals surface area contributed by atoms with Crippen LogP contribution in [0.4, 0.5) is 5.69 Å². The zero-order valence-electron chi connectivity index (χ0n) is 12.3. The van der Waals surface area contributed by atoms with Gasteiger partial charge in [-0.25, -0.2) is 0 Å². The van der Waals surface area contributed by atoms with Crippen molar-refractivity contribution in [3.8, 4) is 0 Å². The molecule has 1 heterocycles. The van der Waals surface area contributed by atoms with Crippen LogP contribution in [0.3, 0.4) is 0 Å². The predicted molar refractivity (Wildman–Crippen MR) is 81.1 cm³/mol. The summed E-state index contributed by atoms with van der Waals surface area (Å²) >= 11 is 0. The molecule has 1 atom stereocenters. The number of hydrogen-bond donors (Lipinski definition) is 2. The van der Waals surface area contributed by atoms with Gasteiger partial charge in [0.05, 0.1) is 0 Å². The number of anilines is 1. The van der Waals surface area contributed by atoms with Crippen molar-refractivity contribution in [2.45, 2.75) is 45.2 Å². The van der Waals surface area contributed by atoms with Crippen molar-refractivity contribution in [1.29, 1.82) is 0 Å². The molecule has 20 heavy (non-hydrogen) atoms. The number of aryl methyl sites for hydroxylation is 1. The lowest BCUT2D eigenvalue weighted by atomic mass is 10.0. The second-order valence-electron chi connectivity index (χ2n) is 5.59. The Morgan fingerprint density at radius 2 is 2.15 bits per heavy atom. The first-order chi connectivity index (χ1) is 9.60. The van der Waals surface area contributed by atoms with Crippen LogP contribution in [0.2, 0.25) is 0 Å². The average Bonchev–Trinajstić information content (AvgIpc) is 2.41. The van der Waals surface area contributed by atoms with Crippen molar-refractivity contribution in [2.24, 2.45) is 0 Å². The van der Waals surface area contributed by atoms with Crippen LogP contribution in [0.25, 0.3) is 0 Å². The van der Waals surface area contributed by atoms with Gasteiger partial charge >= 0.3 is 5.97 Å². The fourth-order valence-corrected chi connectivity index (χ4v) is 2.92. The Bertz CT molecular complexity index is 454. The van der Waals surface area contributed by atoms with E-state index >= 15 is 0 Å². The molecular weight excluding hydrogens is 252 g/mol. The standard InChI is InChI=1S/C16H24N2O2/c1-3-15(16(19)20)18-9-7-13(8-10-18)17-14-6-4-5-12(2)11-14/h4-6,11,13,15,17H,3,7-10H2,1-2H3,(H,19,20)/t15-/m0/s1. The molecule has 0 spiro atoms. The van der Waals surface area contributed by atoms with Crippen molar-refractivity contribution < 1.29 is 9.90 Å². The van der Waals surface area contributed by atoms with E-state index in [2.05, 4.69) is 41.4 Å². The lowest BCUT2D eigenvalue weighted by molar-refractivity contribution is -0.143. The van der Waals surface area contributed by atoms with Crippen LogP contribution in [0.15, 0.2) is 24.3 Å². The zero-order valence-corrected chi connectivity index (χ0v) is 12.3. The van der Waals surface area contributed by atoms with Gasteiger partial charge in [-0.3, -0.25) is 9.69 Å². The third kappa shape index (κ3) is 3.73. The minimum absolute atomic E-state index is 0.324. The van der Waals surface area contributed by atoms with E-state index in [9.17, 15) is 9.90 Å². The van der Waals surface area contributed by atoms with Crippen LogP contribution in [-0.2, 0) is 4.79 Å². The normalized spacial score (nSPS) is 18.7. The summed E-state index contributed by atoms with van der Waals surface area (Å²) < 4.78 is 0. The molecule has 1 fully saturated rings. The fourth-order valence-electron chi connectivity index (χ4n) is 2.92. The third-order valence-electron chi connectivity index (χ3n) is 4.03. The van der Waals surface area contributed by atoms with Crippen LogP contribution >= 0.6 is 0 Å². The highest BCUT2D eigenvalue weighted by Gasteiger charge is 2.28. The Morgan fingerprint density at radius 1 is 1.45 bits per heavy atom. The van der Waals surface area contributed by atoms with Gasteiger partial charge in [-0.05, 0) is 43.9 Å². The highest BCUT2D eigenvalue weighted by Crippen LogP contribution is 2.19. The first-order valence-electron chi connectivity index (χ1n) is 7.40. The summed E-state index contributed by atoms with van der Waals surface area (Å²) in [6.07, 6.45) is 2.67. The molecule has 0 unspecified atom stereocenters. The molecule has 2 N–H and O–H groups in total. The largest absolute Gasteiger partial charge is 0.480 e. The summed E-state index contributed by atoms with van der Waals surface area (Å²) in [7, 11) is 0.